The maximum absolute atomic E-state index is 12.2. The summed E-state index contributed by atoms with van der Waals surface area (Å²) in [5, 5.41) is 27.2. The highest BCUT2D eigenvalue weighted by Crippen LogP contribution is 2.33. The molecule has 0 bridgehead atoms. The summed E-state index contributed by atoms with van der Waals surface area (Å²) in [5.74, 6) is -2.81. The van der Waals surface area contributed by atoms with Gasteiger partial charge in [-0.2, -0.15) is 0 Å². The summed E-state index contributed by atoms with van der Waals surface area (Å²) >= 11 is 1.33. The number of hydrogen-bond donors (Lipinski definition) is 5. The molecule has 0 fully saturated rings. The quantitative estimate of drug-likeness (QED) is 0.512. The van der Waals surface area contributed by atoms with Gasteiger partial charge in [-0.25, -0.2) is 9.59 Å². The molecule has 5 N–H and O–H groups in total. The molecule has 1 unspecified atom stereocenters. The lowest BCUT2D eigenvalue weighted by atomic mass is 10.1. The Morgan fingerprint density at radius 1 is 1.00 bits per heavy atom. The first-order chi connectivity index (χ1) is 12.8. The highest BCUT2D eigenvalue weighted by Gasteiger charge is 2.21. The smallest absolute Gasteiger partial charge is 0.335 e. The molecule has 140 valence electrons. The molecular weight excluding hydrogens is 370 g/mol. The second-order valence-electron chi connectivity index (χ2n) is 5.99. The van der Waals surface area contributed by atoms with Gasteiger partial charge in [0.2, 0.25) is 5.91 Å². The number of fused-ring (bicyclic) bond motifs is 1. The summed E-state index contributed by atoms with van der Waals surface area (Å²) in [6, 6.07) is 9.45. The van der Waals surface area contributed by atoms with Crippen molar-refractivity contribution in [2.24, 2.45) is 0 Å². The lowest BCUT2D eigenvalue weighted by molar-refractivity contribution is -0.113. The number of carboxylic acid groups (broad SMARTS) is 2. The highest BCUT2D eigenvalue weighted by atomic mass is 32.2. The van der Waals surface area contributed by atoms with Crippen LogP contribution in [0.2, 0.25) is 0 Å². The number of amides is 1. The van der Waals surface area contributed by atoms with Crippen molar-refractivity contribution in [3.05, 3.63) is 53.1 Å². The standard InChI is InChI=1S/C18H17N3O5S/c1-9-2-3-13-14(4-9)21-18(20-13)27-8-15(22)19-12-6-10(16(23)24)5-11(7-12)17(25)26/h2-7,18,20-21H,8H2,1H3,(H,19,22)(H,23,24)(H,25,26). The lowest BCUT2D eigenvalue weighted by Crippen LogP contribution is -2.22. The zero-order valence-corrected chi connectivity index (χ0v) is 15.1. The van der Waals surface area contributed by atoms with Crippen molar-refractivity contribution in [3.8, 4) is 0 Å². The summed E-state index contributed by atoms with van der Waals surface area (Å²) in [6.07, 6.45) is 0. The zero-order chi connectivity index (χ0) is 19.6. The normalized spacial score (nSPS) is 14.6. The number of benzene rings is 2. The van der Waals surface area contributed by atoms with Crippen LogP contribution in [0.4, 0.5) is 17.1 Å². The molecule has 0 aromatic heterocycles. The van der Waals surface area contributed by atoms with Crippen molar-refractivity contribution < 1.29 is 24.6 Å². The molecule has 2 aromatic carbocycles. The van der Waals surface area contributed by atoms with Gasteiger partial charge < -0.3 is 26.2 Å². The molecule has 8 nitrogen and oxygen atoms in total. The third-order valence-electron chi connectivity index (χ3n) is 3.84. The Bertz CT molecular complexity index is 899. The maximum atomic E-state index is 12.2. The van der Waals surface area contributed by atoms with Crippen LogP contribution in [0.3, 0.4) is 0 Å². The Morgan fingerprint density at radius 2 is 1.63 bits per heavy atom. The van der Waals surface area contributed by atoms with Gasteiger partial charge in [-0.15, -0.1) is 11.8 Å². The number of nitrogens with one attached hydrogen (secondary N) is 3. The van der Waals surface area contributed by atoms with E-state index < -0.39 is 11.9 Å². The number of aromatic carboxylic acids is 2. The van der Waals surface area contributed by atoms with Crippen molar-refractivity contribution >= 4 is 46.7 Å². The first kappa shape index (κ1) is 18.6. The number of hydrogen-bond acceptors (Lipinski definition) is 6. The lowest BCUT2D eigenvalue weighted by Gasteiger charge is -2.12. The van der Waals surface area contributed by atoms with E-state index in [4.69, 9.17) is 10.2 Å². The summed E-state index contributed by atoms with van der Waals surface area (Å²) in [6.45, 7) is 1.99. The van der Waals surface area contributed by atoms with E-state index >= 15 is 0 Å². The van der Waals surface area contributed by atoms with Crippen LogP contribution in [0, 0.1) is 6.92 Å². The fraction of sp³-hybridized carbons (Fsp3) is 0.167. The molecule has 1 aliphatic rings. The minimum absolute atomic E-state index is 0.0946. The van der Waals surface area contributed by atoms with Gasteiger partial charge in [-0.3, -0.25) is 4.79 Å². The Morgan fingerprint density at radius 3 is 2.26 bits per heavy atom. The third kappa shape index (κ3) is 4.50. The molecule has 1 aliphatic heterocycles. The van der Waals surface area contributed by atoms with Gasteiger partial charge in [0.15, 0.2) is 0 Å². The summed E-state index contributed by atoms with van der Waals surface area (Å²) in [4.78, 5) is 34.4. The number of carbonyl (C=O) groups excluding carboxylic acids is 1. The van der Waals surface area contributed by atoms with Gasteiger partial charge in [-0.1, -0.05) is 6.07 Å². The topological polar surface area (TPSA) is 128 Å². The maximum Gasteiger partial charge on any atom is 0.335 e. The fourth-order valence-electron chi connectivity index (χ4n) is 2.61. The molecule has 9 heteroatoms. The number of anilines is 3. The van der Waals surface area contributed by atoms with Gasteiger partial charge in [0.25, 0.3) is 0 Å². The van der Waals surface area contributed by atoms with E-state index in [1.165, 1.54) is 23.9 Å². The highest BCUT2D eigenvalue weighted by molar-refractivity contribution is 8.00. The minimum atomic E-state index is -1.27. The number of carbonyl (C=O) groups is 3. The predicted molar refractivity (Wildman–Crippen MR) is 104 cm³/mol. The van der Waals surface area contributed by atoms with Crippen LogP contribution in [0.15, 0.2) is 36.4 Å². The first-order valence-electron chi connectivity index (χ1n) is 7.98. The zero-order valence-electron chi connectivity index (χ0n) is 14.3. The first-order valence-corrected chi connectivity index (χ1v) is 9.03. The van der Waals surface area contributed by atoms with E-state index in [2.05, 4.69) is 16.0 Å². The van der Waals surface area contributed by atoms with E-state index in [1.54, 1.807) is 0 Å². The molecule has 0 radical (unpaired) electrons. The molecule has 0 aliphatic carbocycles. The largest absolute Gasteiger partial charge is 0.478 e. The van der Waals surface area contributed by atoms with E-state index in [1.807, 2.05) is 25.1 Å². The molecule has 2 aromatic rings. The third-order valence-corrected chi connectivity index (χ3v) is 4.84. The van der Waals surface area contributed by atoms with E-state index in [0.29, 0.717) is 0 Å². The van der Waals surface area contributed by atoms with Crippen molar-refractivity contribution in [2.75, 3.05) is 21.7 Å². The molecule has 3 rings (SSSR count). The Kier molecular flexibility index (Phi) is 5.22. The van der Waals surface area contributed by atoms with Gasteiger partial charge in [-0.05, 0) is 42.8 Å². The number of carboxylic acids is 2. The summed E-state index contributed by atoms with van der Waals surface area (Å²) in [7, 11) is 0. The number of thioether (sulfide) groups is 1. The van der Waals surface area contributed by atoms with Gasteiger partial charge in [0.1, 0.15) is 5.50 Å². The van der Waals surface area contributed by atoms with Crippen LogP contribution in [0.25, 0.3) is 0 Å². The van der Waals surface area contributed by atoms with Crippen LogP contribution in [0.5, 0.6) is 0 Å². The summed E-state index contributed by atoms with van der Waals surface area (Å²) < 4.78 is 0. The van der Waals surface area contributed by atoms with Crippen LogP contribution < -0.4 is 16.0 Å². The molecule has 27 heavy (non-hydrogen) atoms. The van der Waals surface area contributed by atoms with Gasteiger partial charge >= 0.3 is 11.9 Å². The van der Waals surface area contributed by atoms with E-state index in [-0.39, 0.29) is 34.0 Å². The Hall–Kier alpha value is -3.20. The second-order valence-corrected chi connectivity index (χ2v) is 7.08. The minimum Gasteiger partial charge on any atom is -0.478 e. The van der Waals surface area contributed by atoms with Crippen molar-refractivity contribution in [1.82, 2.24) is 0 Å². The van der Waals surface area contributed by atoms with E-state index in [9.17, 15) is 14.4 Å². The molecule has 1 amide bonds. The average Bonchev–Trinajstić information content (AvgIpc) is 3.01. The number of rotatable bonds is 6. The van der Waals surface area contributed by atoms with Crippen molar-refractivity contribution in [3.63, 3.8) is 0 Å². The van der Waals surface area contributed by atoms with Crippen LogP contribution in [-0.4, -0.2) is 39.3 Å². The number of aryl methyl sites for hydroxylation is 1. The fourth-order valence-corrected chi connectivity index (χ4v) is 3.42. The molecule has 1 heterocycles. The molecular formula is C18H17N3O5S. The van der Waals surface area contributed by atoms with Crippen molar-refractivity contribution in [2.45, 2.75) is 12.4 Å². The Labute approximate surface area is 159 Å². The monoisotopic (exact) mass is 387 g/mol. The average molecular weight is 387 g/mol. The van der Waals surface area contributed by atoms with Crippen LogP contribution >= 0.6 is 11.8 Å². The molecule has 0 saturated heterocycles. The van der Waals surface area contributed by atoms with Gasteiger partial charge in [0.05, 0.1) is 28.3 Å². The summed E-state index contributed by atoms with van der Waals surface area (Å²) in [5.41, 5.74) is 2.59. The van der Waals surface area contributed by atoms with Crippen LogP contribution in [-0.2, 0) is 4.79 Å². The SMILES string of the molecule is Cc1ccc2c(c1)NC(SCC(=O)Nc1cc(C(=O)O)cc(C(=O)O)c1)N2. The molecule has 0 spiro atoms. The molecule has 0 saturated carbocycles. The second kappa shape index (κ2) is 7.58. The van der Waals surface area contributed by atoms with E-state index in [0.717, 1.165) is 23.0 Å². The predicted octanol–water partition coefficient (Wildman–Crippen LogP) is 2.88. The molecule has 1 atom stereocenters. The van der Waals surface area contributed by atoms with Crippen LogP contribution in [0.1, 0.15) is 26.3 Å². The Balaban J connectivity index is 1.60. The van der Waals surface area contributed by atoms with Crippen molar-refractivity contribution in [1.29, 1.82) is 0 Å². The van der Waals surface area contributed by atoms with Gasteiger partial charge in [0, 0.05) is 5.69 Å².